The number of nitrogens with zero attached hydrogens (tertiary/aromatic N) is 1. The molecule has 0 bridgehead atoms. The fourth-order valence-corrected chi connectivity index (χ4v) is 3.49. The van der Waals surface area contributed by atoms with Gasteiger partial charge in [-0.3, -0.25) is 4.79 Å². The quantitative estimate of drug-likeness (QED) is 0.306. The van der Waals surface area contributed by atoms with Crippen LogP contribution in [0.1, 0.15) is 30.0 Å². The van der Waals surface area contributed by atoms with E-state index in [1.54, 1.807) is 6.21 Å². The summed E-state index contributed by atoms with van der Waals surface area (Å²) in [7, 11) is 0. The van der Waals surface area contributed by atoms with Crippen LogP contribution in [0, 0.1) is 6.92 Å². The lowest BCUT2D eigenvalue weighted by molar-refractivity contribution is -0.121. The molecular weight excluding hydrogens is 454 g/mol. The van der Waals surface area contributed by atoms with Gasteiger partial charge in [-0.2, -0.15) is 5.10 Å². The number of nitrogens with one attached hydrogen (secondary N) is 2. The largest absolute Gasteiger partial charge is 0.488 e. The third-order valence-corrected chi connectivity index (χ3v) is 5.16. The predicted molar refractivity (Wildman–Crippen MR) is 130 cm³/mol. The summed E-state index contributed by atoms with van der Waals surface area (Å²) in [6, 6.07) is 23.1. The van der Waals surface area contributed by atoms with Crippen LogP contribution in [0.5, 0.6) is 5.75 Å². The number of ether oxygens (including phenoxy) is 1. The molecule has 0 radical (unpaired) electrons. The molecule has 0 saturated carbocycles. The zero-order valence-electron chi connectivity index (χ0n) is 17.6. The molecule has 0 aliphatic heterocycles. The first kappa shape index (κ1) is 22.6. The molecule has 160 valence electrons. The Balaban J connectivity index is 1.60. The Morgan fingerprint density at radius 3 is 2.68 bits per heavy atom. The number of rotatable bonds is 9. The molecule has 1 atom stereocenters. The van der Waals surface area contributed by atoms with Crippen LogP contribution in [-0.2, 0) is 11.4 Å². The lowest BCUT2D eigenvalue weighted by Crippen LogP contribution is -2.36. The minimum atomic E-state index is -0.373. The molecule has 0 aliphatic carbocycles. The molecule has 6 heteroatoms. The first-order valence-electron chi connectivity index (χ1n) is 10.2. The maximum absolute atomic E-state index is 12.6. The summed E-state index contributed by atoms with van der Waals surface area (Å²) in [5.74, 6) is 0.512. The first-order chi connectivity index (χ1) is 15.0. The van der Waals surface area contributed by atoms with Crippen molar-refractivity contribution in [2.24, 2.45) is 5.10 Å². The van der Waals surface area contributed by atoms with Crippen molar-refractivity contribution >= 4 is 33.7 Å². The van der Waals surface area contributed by atoms with Gasteiger partial charge in [-0.1, -0.05) is 59.3 Å². The lowest BCUT2D eigenvalue weighted by atomic mass is 10.1. The van der Waals surface area contributed by atoms with E-state index in [2.05, 4.69) is 31.8 Å². The Kier molecular flexibility index (Phi) is 8.24. The molecule has 0 fully saturated rings. The lowest BCUT2D eigenvalue weighted by Gasteiger charge is -2.16. The van der Waals surface area contributed by atoms with Crippen LogP contribution in [0.25, 0.3) is 0 Å². The number of para-hydroxylation sites is 1. The summed E-state index contributed by atoms with van der Waals surface area (Å²) in [5, 5.41) is 7.41. The van der Waals surface area contributed by atoms with Crippen LogP contribution in [0.3, 0.4) is 0 Å². The van der Waals surface area contributed by atoms with E-state index in [1.165, 1.54) is 0 Å². The van der Waals surface area contributed by atoms with Gasteiger partial charge in [0.25, 0.3) is 5.91 Å². The van der Waals surface area contributed by atoms with Crippen LogP contribution in [0.4, 0.5) is 5.69 Å². The monoisotopic (exact) mass is 479 g/mol. The second-order valence-corrected chi connectivity index (χ2v) is 8.08. The third-order valence-electron chi connectivity index (χ3n) is 4.66. The van der Waals surface area contributed by atoms with Crippen molar-refractivity contribution in [3.63, 3.8) is 0 Å². The molecule has 0 heterocycles. The van der Waals surface area contributed by atoms with Gasteiger partial charge < -0.3 is 10.1 Å². The fraction of sp³-hybridized carbons (Fsp3) is 0.200. The highest BCUT2D eigenvalue weighted by Crippen LogP contribution is 2.19. The molecule has 0 spiro atoms. The molecule has 3 rings (SSSR count). The average Bonchev–Trinajstić information content (AvgIpc) is 2.77. The van der Waals surface area contributed by atoms with Crippen LogP contribution >= 0.6 is 15.9 Å². The zero-order chi connectivity index (χ0) is 22.1. The predicted octanol–water partition coefficient (Wildman–Crippen LogP) is 5.68. The van der Waals surface area contributed by atoms with E-state index in [-0.39, 0.29) is 11.9 Å². The number of hydrogen-bond donors (Lipinski definition) is 2. The second-order valence-electron chi connectivity index (χ2n) is 7.17. The molecule has 0 aliphatic rings. The summed E-state index contributed by atoms with van der Waals surface area (Å²) < 4.78 is 6.97. The third kappa shape index (κ3) is 6.96. The number of hydrazone groups is 1. The standard InChI is InChI=1S/C25H26BrN3O2/c1-3-23(28-22-12-6-8-18(2)14-22)25(30)29-27-16-20-10-4-5-13-24(20)31-17-19-9-7-11-21(26)15-19/h4-16,23,28H,3,17H2,1-2H3,(H,29,30)/b27-16+/t23-/m0/s1. The van der Waals surface area contributed by atoms with Crippen molar-refractivity contribution in [3.8, 4) is 5.75 Å². The summed E-state index contributed by atoms with van der Waals surface area (Å²) in [5.41, 5.74) is 6.53. The molecular formula is C25H26BrN3O2. The van der Waals surface area contributed by atoms with E-state index in [4.69, 9.17) is 4.74 Å². The van der Waals surface area contributed by atoms with Gasteiger partial charge >= 0.3 is 0 Å². The van der Waals surface area contributed by atoms with E-state index in [1.807, 2.05) is 86.6 Å². The van der Waals surface area contributed by atoms with E-state index >= 15 is 0 Å². The number of amides is 1. The van der Waals surface area contributed by atoms with Crippen LogP contribution < -0.4 is 15.5 Å². The molecule has 2 N–H and O–H groups in total. The topological polar surface area (TPSA) is 62.7 Å². The van der Waals surface area contributed by atoms with Gasteiger partial charge in [0.1, 0.15) is 18.4 Å². The van der Waals surface area contributed by atoms with E-state index in [0.29, 0.717) is 18.8 Å². The van der Waals surface area contributed by atoms with E-state index < -0.39 is 0 Å². The van der Waals surface area contributed by atoms with Gasteiger partial charge in [0, 0.05) is 15.7 Å². The second kappa shape index (κ2) is 11.3. The highest BCUT2D eigenvalue weighted by molar-refractivity contribution is 9.10. The summed E-state index contributed by atoms with van der Waals surface area (Å²) in [6.45, 7) is 4.42. The van der Waals surface area contributed by atoms with Gasteiger partial charge in [0.15, 0.2) is 0 Å². The van der Waals surface area contributed by atoms with E-state index in [0.717, 1.165) is 26.9 Å². The minimum Gasteiger partial charge on any atom is -0.488 e. The number of hydrogen-bond acceptors (Lipinski definition) is 4. The Hall–Kier alpha value is -3.12. The van der Waals surface area contributed by atoms with Crippen molar-refractivity contribution in [2.75, 3.05) is 5.32 Å². The molecule has 1 amide bonds. The van der Waals surface area contributed by atoms with Crippen molar-refractivity contribution in [1.82, 2.24) is 5.43 Å². The summed E-state index contributed by atoms with van der Waals surface area (Å²) in [6.07, 6.45) is 2.25. The number of carbonyl (C=O) groups excluding carboxylic acids is 1. The van der Waals surface area contributed by atoms with Crippen LogP contribution in [-0.4, -0.2) is 18.2 Å². The molecule has 0 saturated heterocycles. The molecule has 3 aromatic rings. The molecule has 31 heavy (non-hydrogen) atoms. The number of benzene rings is 3. The Labute approximate surface area is 191 Å². The van der Waals surface area contributed by atoms with Crippen molar-refractivity contribution in [1.29, 1.82) is 0 Å². The maximum atomic E-state index is 12.6. The Morgan fingerprint density at radius 1 is 1.10 bits per heavy atom. The van der Waals surface area contributed by atoms with Gasteiger partial charge in [-0.25, -0.2) is 5.43 Å². The van der Waals surface area contributed by atoms with Crippen LogP contribution in [0.15, 0.2) is 82.4 Å². The zero-order valence-corrected chi connectivity index (χ0v) is 19.2. The summed E-state index contributed by atoms with van der Waals surface area (Å²) >= 11 is 3.47. The number of aryl methyl sites for hydroxylation is 1. The fourth-order valence-electron chi connectivity index (χ4n) is 3.04. The molecule has 5 nitrogen and oxygen atoms in total. The Morgan fingerprint density at radius 2 is 1.90 bits per heavy atom. The van der Waals surface area contributed by atoms with Crippen molar-refractivity contribution < 1.29 is 9.53 Å². The van der Waals surface area contributed by atoms with Crippen molar-refractivity contribution in [2.45, 2.75) is 32.9 Å². The average molecular weight is 480 g/mol. The highest BCUT2D eigenvalue weighted by atomic mass is 79.9. The van der Waals surface area contributed by atoms with Gasteiger partial charge in [0.05, 0.1) is 6.21 Å². The number of halogens is 1. The van der Waals surface area contributed by atoms with Gasteiger partial charge in [-0.15, -0.1) is 0 Å². The first-order valence-corrected chi connectivity index (χ1v) is 11.0. The molecule has 0 aromatic heterocycles. The van der Waals surface area contributed by atoms with Gasteiger partial charge in [0.2, 0.25) is 0 Å². The van der Waals surface area contributed by atoms with Crippen molar-refractivity contribution in [3.05, 3.63) is 94.0 Å². The molecule has 0 unspecified atom stereocenters. The van der Waals surface area contributed by atoms with E-state index in [9.17, 15) is 4.79 Å². The normalized spacial score (nSPS) is 11.8. The maximum Gasteiger partial charge on any atom is 0.262 e. The SMILES string of the molecule is CC[C@H](Nc1cccc(C)c1)C(=O)N/N=C/c1ccccc1OCc1cccc(Br)c1. The smallest absolute Gasteiger partial charge is 0.262 e. The Bertz CT molecular complexity index is 1050. The van der Waals surface area contributed by atoms with Crippen LogP contribution in [0.2, 0.25) is 0 Å². The van der Waals surface area contributed by atoms with Gasteiger partial charge in [-0.05, 0) is 60.9 Å². The summed E-state index contributed by atoms with van der Waals surface area (Å²) in [4.78, 5) is 12.6. The number of anilines is 1. The minimum absolute atomic E-state index is 0.187. The highest BCUT2D eigenvalue weighted by Gasteiger charge is 2.15. The number of carbonyl (C=O) groups is 1. The molecule has 3 aromatic carbocycles.